The molecule has 0 spiro atoms. The molecule has 1 aromatic carbocycles. The van der Waals surface area contributed by atoms with Gasteiger partial charge in [0.25, 0.3) is 0 Å². The number of carbonyl (C=O) groups is 1. The minimum absolute atomic E-state index is 0.290. The molecule has 0 saturated heterocycles. The van der Waals surface area contributed by atoms with Gasteiger partial charge in [-0.25, -0.2) is 4.79 Å². The minimum Gasteiger partial charge on any atom is -0.477 e. The predicted molar refractivity (Wildman–Crippen MR) is 92.9 cm³/mol. The number of carboxylic acid groups (broad SMARTS) is 1. The fraction of sp³-hybridized carbons (Fsp3) is 0.0588. The summed E-state index contributed by atoms with van der Waals surface area (Å²) < 4.78 is 0.843. The third-order valence-corrected chi connectivity index (χ3v) is 4.80. The Morgan fingerprint density at radius 2 is 2.13 bits per heavy atom. The van der Waals surface area contributed by atoms with Crippen LogP contribution >= 0.6 is 11.3 Å². The van der Waals surface area contributed by atoms with E-state index in [1.807, 2.05) is 25.1 Å². The van der Waals surface area contributed by atoms with Gasteiger partial charge in [-0.15, -0.1) is 11.3 Å². The number of pyridine rings is 1. The number of aromatic amines is 1. The van der Waals surface area contributed by atoms with Crippen LogP contribution in [0.25, 0.3) is 21.1 Å². The van der Waals surface area contributed by atoms with Gasteiger partial charge >= 0.3 is 5.97 Å². The topological polar surface area (TPSA) is 78.0 Å². The number of carboxylic acids is 1. The van der Waals surface area contributed by atoms with Crippen LogP contribution in [0.4, 0.5) is 11.4 Å². The van der Waals surface area contributed by atoms with Gasteiger partial charge in [0.05, 0.1) is 15.9 Å². The number of anilines is 2. The molecule has 5 nitrogen and oxygen atoms in total. The van der Waals surface area contributed by atoms with Gasteiger partial charge in [-0.05, 0) is 43.3 Å². The van der Waals surface area contributed by atoms with E-state index in [1.165, 1.54) is 11.3 Å². The maximum absolute atomic E-state index is 11.1. The monoisotopic (exact) mass is 323 g/mol. The molecule has 0 aliphatic carbocycles. The summed E-state index contributed by atoms with van der Waals surface area (Å²) >= 11 is 1.23. The van der Waals surface area contributed by atoms with E-state index in [0.717, 1.165) is 32.7 Å². The molecule has 0 saturated carbocycles. The summed E-state index contributed by atoms with van der Waals surface area (Å²) in [4.78, 5) is 19.0. The Bertz CT molecular complexity index is 1050. The van der Waals surface area contributed by atoms with Gasteiger partial charge in [0.15, 0.2) is 0 Å². The molecule has 6 heteroatoms. The number of benzene rings is 1. The number of aryl methyl sites for hydroxylation is 1. The third-order valence-electron chi connectivity index (χ3n) is 3.66. The SMILES string of the molecule is Cc1cc2cc(Nc3ccnc4cc(C(=O)O)sc34)ccc2[nH]1. The van der Waals surface area contributed by atoms with E-state index in [-0.39, 0.29) is 0 Å². The molecule has 23 heavy (non-hydrogen) atoms. The van der Waals surface area contributed by atoms with Crippen molar-refractivity contribution in [1.82, 2.24) is 9.97 Å². The standard InChI is InChI=1S/C17H13N3O2S/c1-9-6-10-7-11(2-3-12(10)19-9)20-13-4-5-18-14-8-15(17(21)22)23-16(13)14/h2-8,19H,1H3,(H,18,20)(H,21,22). The minimum atomic E-state index is -0.928. The number of H-pyrrole nitrogens is 1. The Balaban J connectivity index is 1.77. The molecule has 0 radical (unpaired) electrons. The smallest absolute Gasteiger partial charge is 0.345 e. The maximum atomic E-state index is 11.1. The first-order chi connectivity index (χ1) is 11.1. The van der Waals surface area contributed by atoms with E-state index in [9.17, 15) is 4.79 Å². The van der Waals surface area contributed by atoms with Crippen LogP contribution in [0.3, 0.4) is 0 Å². The second-order valence-corrected chi connectivity index (χ2v) is 6.42. The van der Waals surface area contributed by atoms with Gasteiger partial charge in [-0.1, -0.05) is 0 Å². The van der Waals surface area contributed by atoms with Crippen molar-refractivity contribution in [3.05, 3.63) is 53.2 Å². The van der Waals surface area contributed by atoms with E-state index >= 15 is 0 Å². The predicted octanol–water partition coefficient (Wildman–Crippen LogP) is 4.53. The third kappa shape index (κ3) is 2.43. The number of hydrogen-bond acceptors (Lipinski definition) is 4. The summed E-state index contributed by atoms with van der Waals surface area (Å²) in [5, 5.41) is 13.6. The highest BCUT2D eigenvalue weighted by Crippen LogP contribution is 2.33. The lowest BCUT2D eigenvalue weighted by Gasteiger charge is -2.07. The molecule has 0 bridgehead atoms. The van der Waals surface area contributed by atoms with Crippen LogP contribution in [0, 0.1) is 6.92 Å². The van der Waals surface area contributed by atoms with E-state index in [4.69, 9.17) is 5.11 Å². The zero-order valence-electron chi connectivity index (χ0n) is 12.3. The molecule has 114 valence electrons. The van der Waals surface area contributed by atoms with Gasteiger partial charge in [0.1, 0.15) is 4.88 Å². The van der Waals surface area contributed by atoms with Gasteiger partial charge < -0.3 is 15.4 Å². The van der Waals surface area contributed by atoms with Crippen LogP contribution in [0.1, 0.15) is 15.4 Å². The van der Waals surface area contributed by atoms with Gasteiger partial charge in [-0.3, -0.25) is 4.98 Å². The second-order valence-electron chi connectivity index (χ2n) is 5.37. The molecule has 3 aromatic heterocycles. The molecule has 4 aromatic rings. The van der Waals surface area contributed by atoms with Gasteiger partial charge in [-0.2, -0.15) is 0 Å². The summed E-state index contributed by atoms with van der Waals surface area (Å²) in [6.07, 6.45) is 1.68. The highest BCUT2D eigenvalue weighted by atomic mass is 32.1. The lowest BCUT2D eigenvalue weighted by atomic mass is 10.2. The normalized spacial score (nSPS) is 11.2. The van der Waals surface area contributed by atoms with E-state index in [1.54, 1.807) is 12.3 Å². The highest BCUT2D eigenvalue weighted by molar-refractivity contribution is 7.21. The average Bonchev–Trinajstić information content (AvgIpc) is 3.10. The first-order valence-electron chi connectivity index (χ1n) is 7.08. The Kier molecular flexibility index (Phi) is 3.06. The van der Waals surface area contributed by atoms with E-state index in [2.05, 4.69) is 27.4 Å². The number of nitrogens with one attached hydrogen (secondary N) is 2. The number of aromatic carboxylic acids is 1. The van der Waals surface area contributed by atoms with Crippen LogP contribution in [0.15, 0.2) is 42.6 Å². The molecule has 4 rings (SSSR count). The van der Waals surface area contributed by atoms with Crippen molar-refractivity contribution in [2.45, 2.75) is 6.92 Å². The van der Waals surface area contributed by atoms with Crippen LogP contribution in [-0.4, -0.2) is 21.0 Å². The number of thiophene rings is 1. The summed E-state index contributed by atoms with van der Waals surface area (Å²) in [6.45, 7) is 2.03. The highest BCUT2D eigenvalue weighted by Gasteiger charge is 2.12. The van der Waals surface area contributed by atoms with Crippen molar-refractivity contribution >= 4 is 49.8 Å². The fourth-order valence-corrected chi connectivity index (χ4v) is 3.58. The Morgan fingerprint density at radius 3 is 2.96 bits per heavy atom. The number of hydrogen-bond donors (Lipinski definition) is 3. The molecule has 0 aliphatic heterocycles. The molecule has 0 atom stereocenters. The summed E-state index contributed by atoms with van der Waals surface area (Å²) in [5.74, 6) is -0.928. The van der Waals surface area contributed by atoms with Crippen molar-refractivity contribution in [2.75, 3.05) is 5.32 Å². The summed E-state index contributed by atoms with van der Waals surface area (Å²) in [5.41, 5.74) is 4.72. The Hall–Kier alpha value is -2.86. The molecular weight excluding hydrogens is 310 g/mol. The van der Waals surface area contributed by atoms with Crippen molar-refractivity contribution in [3.63, 3.8) is 0 Å². The van der Waals surface area contributed by atoms with Crippen molar-refractivity contribution < 1.29 is 9.90 Å². The Morgan fingerprint density at radius 1 is 1.26 bits per heavy atom. The lowest BCUT2D eigenvalue weighted by molar-refractivity contribution is 0.0702. The average molecular weight is 323 g/mol. The Labute approximate surface area is 135 Å². The maximum Gasteiger partial charge on any atom is 0.345 e. The fourth-order valence-electron chi connectivity index (χ4n) is 2.65. The summed E-state index contributed by atoms with van der Waals surface area (Å²) in [6, 6.07) is 11.6. The lowest BCUT2D eigenvalue weighted by Crippen LogP contribution is -1.90. The number of rotatable bonds is 3. The van der Waals surface area contributed by atoms with Gasteiger partial charge in [0, 0.05) is 28.5 Å². The molecule has 0 fully saturated rings. The quantitative estimate of drug-likeness (QED) is 0.518. The van der Waals surface area contributed by atoms with Crippen molar-refractivity contribution in [2.24, 2.45) is 0 Å². The first-order valence-corrected chi connectivity index (χ1v) is 7.90. The first kappa shape index (κ1) is 13.8. The largest absolute Gasteiger partial charge is 0.477 e. The number of fused-ring (bicyclic) bond motifs is 2. The van der Waals surface area contributed by atoms with Crippen molar-refractivity contribution in [3.8, 4) is 0 Å². The molecule has 0 amide bonds. The molecule has 0 aliphatic rings. The second kappa shape index (κ2) is 5.10. The van der Waals surface area contributed by atoms with Crippen LogP contribution in [-0.2, 0) is 0 Å². The van der Waals surface area contributed by atoms with Crippen LogP contribution < -0.4 is 5.32 Å². The zero-order chi connectivity index (χ0) is 16.0. The van der Waals surface area contributed by atoms with E-state index in [0.29, 0.717) is 10.4 Å². The number of nitrogens with zero attached hydrogens (tertiary/aromatic N) is 1. The summed E-state index contributed by atoms with van der Waals surface area (Å²) in [7, 11) is 0. The van der Waals surface area contributed by atoms with Crippen LogP contribution in [0.2, 0.25) is 0 Å². The van der Waals surface area contributed by atoms with Crippen LogP contribution in [0.5, 0.6) is 0 Å². The van der Waals surface area contributed by atoms with Gasteiger partial charge in [0.2, 0.25) is 0 Å². The molecule has 0 unspecified atom stereocenters. The molecular formula is C17H13N3O2S. The van der Waals surface area contributed by atoms with Crippen molar-refractivity contribution in [1.29, 1.82) is 0 Å². The zero-order valence-corrected chi connectivity index (χ0v) is 13.1. The molecule has 3 heterocycles. The molecule has 3 N–H and O–H groups in total. The number of aromatic nitrogens is 2. The van der Waals surface area contributed by atoms with E-state index < -0.39 is 5.97 Å².